The molecule has 0 heterocycles. The van der Waals surface area contributed by atoms with Gasteiger partial charge in [0.1, 0.15) is 6.04 Å². The molecule has 0 saturated carbocycles. The highest BCUT2D eigenvalue weighted by atomic mass is 16.2. The Labute approximate surface area is 184 Å². The van der Waals surface area contributed by atoms with Gasteiger partial charge < -0.3 is 10.2 Å². The normalized spacial score (nSPS) is 11.5. The zero-order valence-electron chi connectivity index (χ0n) is 18.0. The minimum atomic E-state index is -0.564. The molecule has 3 rings (SSSR count). The van der Waals surface area contributed by atoms with Gasteiger partial charge in [-0.15, -0.1) is 0 Å². The second-order valence-electron chi connectivity index (χ2n) is 7.59. The second-order valence-corrected chi connectivity index (χ2v) is 7.59. The minimum Gasteiger partial charge on any atom is -0.354 e. The number of hydrogen-bond donors (Lipinski definition) is 1. The first-order valence-corrected chi connectivity index (χ1v) is 10.9. The molecule has 0 aromatic heterocycles. The first-order valence-electron chi connectivity index (χ1n) is 10.9. The molecule has 31 heavy (non-hydrogen) atoms. The Morgan fingerprint density at radius 1 is 0.774 bits per heavy atom. The van der Waals surface area contributed by atoms with Crippen LogP contribution in [0.1, 0.15) is 30.0 Å². The van der Waals surface area contributed by atoms with Crippen LogP contribution in [0.5, 0.6) is 0 Å². The lowest BCUT2D eigenvalue weighted by Crippen LogP contribution is -2.50. The van der Waals surface area contributed by atoms with Gasteiger partial charge in [-0.1, -0.05) is 97.9 Å². The SMILES string of the molecule is CCC(=O)N(Cc1ccccc1)[C@H](Cc1ccccc1)C(=O)NCCc1ccccc1. The van der Waals surface area contributed by atoms with Crippen molar-refractivity contribution in [2.24, 2.45) is 0 Å². The molecule has 160 valence electrons. The van der Waals surface area contributed by atoms with Crippen LogP contribution >= 0.6 is 0 Å². The third kappa shape index (κ3) is 6.82. The van der Waals surface area contributed by atoms with Gasteiger partial charge in [0.25, 0.3) is 0 Å². The number of rotatable bonds is 10. The van der Waals surface area contributed by atoms with E-state index >= 15 is 0 Å². The summed E-state index contributed by atoms with van der Waals surface area (Å²) in [6.07, 6.45) is 1.59. The summed E-state index contributed by atoms with van der Waals surface area (Å²) in [6, 6.07) is 29.2. The van der Waals surface area contributed by atoms with Gasteiger partial charge in [-0.25, -0.2) is 0 Å². The molecule has 2 amide bonds. The summed E-state index contributed by atoms with van der Waals surface area (Å²) in [5.41, 5.74) is 3.22. The Balaban J connectivity index is 1.78. The molecule has 0 aliphatic heterocycles. The van der Waals surface area contributed by atoms with Crippen LogP contribution in [-0.4, -0.2) is 29.3 Å². The lowest BCUT2D eigenvalue weighted by atomic mass is 10.0. The molecule has 0 radical (unpaired) electrons. The molecule has 4 heteroatoms. The number of carbonyl (C=O) groups is 2. The minimum absolute atomic E-state index is 0.0250. The third-order valence-corrected chi connectivity index (χ3v) is 5.33. The van der Waals surface area contributed by atoms with Crippen molar-refractivity contribution < 1.29 is 9.59 Å². The Bertz CT molecular complexity index is 943. The van der Waals surface area contributed by atoms with Crippen molar-refractivity contribution >= 4 is 11.8 Å². The van der Waals surface area contributed by atoms with Crippen molar-refractivity contribution in [2.75, 3.05) is 6.54 Å². The van der Waals surface area contributed by atoms with Gasteiger partial charge >= 0.3 is 0 Å². The van der Waals surface area contributed by atoms with Gasteiger partial charge in [-0.05, 0) is 23.1 Å². The van der Waals surface area contributed by atoms with E-state index in [4.69, 9.17) is 0 Å². The van der Waals surface area contributed by atoms with Crippen LogP contribution in [0.15, 0.2) is 91.0 Å². The second kappa shape index (κ2) is 11.7. The molecule has 0 saturated heterocycles. The Morgan fingerprint density at radius 3 is 1.84 bits per heavy atom. The standard InChI is InChI=1S/C27H30N2O2/c1-2-26(30)29(21-24-16-10-5-11-17-24)25(20-23-14-8-4-9-15-23)27(31)28-19-18-22-12-6-3-7-13-22/h3-17,25H,2,18-21H2,1H3,(H,28,31)/t25-/m1/s1. The number of amides is 2. The molecule has 3 aromatic carbocycles. The highest BCUT2D eigenvalue weighted by Crippen LogP contribution is 2.15. The van der Waals surface area contributed by atoms with Gasteiger partial charge in [0.2, 0.25) is 11.8 Å². The average Bonchev–Trinajstić information content (AvgIpc) is 2.82. The van der Waals surface area contributed by atoms with E-state index < -0.39 is 6.04 Å². The monoisotopic (exact) mass is 414 g/mol. The molecular weight excluding hydrogens is 384 g/mol. The van der Waals surface area contributed by atoms with Crippen molar-refractivity contribution in [3.63, 3.8) is 0 Å². The summed E-state index contributed by atoms with van der Waals surface area (Å²) in [4.78, 5) is 27.9. The number of hydrogen-bond acceptors (Lipinski definition) is 2. The quantitative estimate of drug-likeness (QED) is 0.535. The number of nitrogens with one attached hydrogen (secondary N) is 1. The molecule has 4 nitrogen and oxygen atoms in total. The fraction of sp³-hybridized carbons (Fsp3) is 0.259. The first-order chi connectivity index (χ1) is 15.2. The summed E-state index contributed by atoms with van der Waals surface area (Å²) in [5, 5.41) is 3.06. The van der Waals surface area contributed by atoms with Crippen LogP contribution < -0.4 is 5.32 Å². The summed E-state index contributed by atoms with van der Waals surface area (Å²) in [5.74, 6) is -0.138. The zero-order chi connectivity index (χ0) is 21.9. The van der Waals surface area contributed by atoms with Crippen LogP contribution in [0, 0.1) is 0 Å². The predicted molar refractivity (Wildman–Crippen MR) is 124 cm³/mol. The van der Waals surface area contributed by atoms with E-state index in [0.29, 0.717) is 25.9 Å². The molecule has 1 N–H and O–H groups in total. The Morgan fingerprint density at radius 2 is 1.29 bits per heavy atom. The molecule has 0 aliphatic rings. The maximum atomic E-state index is 13.3. The molecule has 0 bridgehead atoms. The Hall–Kier alpha value is -3.40. The fourth-order valence-electron chi connectivity index (χ4n) is 3.63. The average molecular weight is 415 g/mol. The highest BCUT2D eigenvalue weighted by Gasteiger charge is 2.29. The maximum absolute atomic E-state index is 13.3. The van der Waals surface area contributed by atoms with Crippen LogP contribution in [-0.2, 0) is 29.0 Å². The van der Waals surface area contributed by atoms with E-state index in [1.54, 1.807) is 4.90 Å². The van der Waals surface area contributed by atoms with Crippen molar-refractivity contribution in [1.82, 2.24) is 10.2 Å². The van der Waals surface area contributed by atoms with Crippen LogP contribution in [0.2, 0.25) is 0 Å². The van der Waals surface area contributed by atoms with Gasteiger partial charge in [-0.2, -0.15) is 0 Å². The number of carbonyl (C=O) groups excluding carboxylic acids is 2. The molecule has 1 atom stereocenters. The van der Waals surface area contributed by atoms with E-state index in [9.17, 15) is 9.59 Å². The lowest BCUT2D eigenvalue weighted by Gasteiger charge is -2.31. The summed E-state index contributed by atoms with van der Waals surface area (Å²) in [6.45, 7) is 2.79. The molecular formula is C27H30N2O2. The van der Waals surface area contributed by atoms with Crippen LogP contribution in [0.3, 0.4) is 0 Å². The van der Waals surface area contributed by atoms with Crippen LogP contribution in [0.4, 0.5) is 0 Å². The fourth-order valence-corrected chi connectivity index (χ4v) is 3.63. The lowest BCUT2D eigenvalue weighted by molar-refractivity contribution is -0.141. The van der Waals surface area contributed by atoms with Crippen LogP contribution in [0.25, 0.3) is 0 Å². The van der Waals surface area contributed by atoms with Gasteiger partial charge in [0.15, 0.2) is 0 Å². The largest absolute Gasteiger partial charge is 0.354 e. The van der Waals surface area contributed by atoms with Crippen molar-refractivity contribution in [2.45, 2.75) is 38.8 Å². The topological polar surface area (TPSA) is 49.4 Å². The maximum Gasteiger partial charge on any atom is 0.243 e. The van der Waals surface area contributed by atoms with Crippen molar-refractivity contribution in [3.8, 4) is 0 Å². The van der Waals surface area contributed by atoms with E-state index in [-0.39, 0.29) is 11.8 Å². The highest BCUT2D eigenvalue weighted by molar-refractivity contribution is 5.88. The van der Waals surface area contributed by atoms with Gasteiger partial charge in [0, 0.05) is 25.9 Å². The van der Waals surface area contributed by atoms with E-state index in [2.05, 4.69) is 17.4 Å². The summed E-state index contributed by atoms with van der Waals surface area (Å²) < 4.78 is 0. The predicted octanol–water partition coefficient (Wildman–Crippen LogP) is 4.40. The number of nitrogens with zero attached hydrogens (tertiary/aromatic N) is 1. The van der Waals surface area contributed by atoms with Gasteiger partial charge in [-0.3, -0.25) is 9.59 Å². The smallest absolute Gasteiger partial charge is 0.243 e. The third-order valence-electron chi connectivity index (χ3n) is 5.33. The number of benzene rings is 3. The zero-order valence-corrected chi connectivity index (χ0v) is 18.0. The van der Waals surface area contributed by atoms with E-state index in [1.165, 1.54) is 5.56 Å². The van der Waals surface area contributed by atoms with Crippen molar-refractivity contribution in [1.29, 1.82) is 0 Å². The van der Waals surface area contributed by atoms with E-state index in [0.717, 1.165) is 17.5 Å². The first kappa shape index (κ1) is 22.3. The summed E-state index contributed by atoms with van der Waals surface area (Å²) >= 11 is 0. The molecule has 0 spiro atoms. The molecule has 0 aliphatic carbocycles. The summed E-state index contributed by atoms with van der Waals surface area (Å²) in [7, 11) is 0. The molecule has 0 unspecified atom stereocenters. The molecule has 3 aromatic rings. The van der Waals surface area contributed by atoms with E-state index in [1.807, 2.05) is 85.8 Å². The van der Waals surface area contributed by atoms with Crippen molar-refractivity contribution in [3.05, 3.63) is 108 Å². The molecule has 0 fully saturated rings. The Kier molecular flexibility index (Phi) is 8.41. The van der Waals surface area contributed by atoms with Gasteiger partial charge in [0.05, 0.1) is 0 Å².